The first-order valence-corrected chi connectivity index (χ1v) is 8.36. The molecular formula is C17H14F3N3OS. The highest BCUT2D eigenvalue weighted by Crippen LogP contribution is 2.29. The van der Waals surface area contributed by atoms with Gasteiger partial charge in [-0.05, 0) is 31.5 Å². The molecule has 0 fully saturated rings. The van der Waals surface area contributed by atoms with Gasteiger partial charge in [-0.25, -0.2) is 15.0 Å². The lowest BCUT2D eigenvalue weighted by Gasteiger charge is -2.05. The number of oxazole rings is 1. The highest BCUT2D eigenvalue weighted by Gasteiger charge is 2.32. The molecule has 8 heteroatoms. The molecule has 2 aromatic heterocycles. The molecule has 0 saturated heterocycles. The molecule has 0 radical (unpaired) electrons. The summed E-state index contributed by atoms with van der Waals surface area (Å²) in [6.07, 6.45) is -1.89. The third kappa shape index (κ3) is 4.19. The minimum atomic E-state index is -4.48. The predicted molar refractivity (Wildman–Crippen MR) is 88.0 cm³/mol. The molecule has 0 saturated carbocycles. The van der Waals surface area contributed by atoms with E-state index in [1.54, 1.807) is 0 Å². The molecule has 2 heterocycles. The summed E-state index contributed by atoms with van der Waals surface area (Å²) in [5.41, 5.74) is 2.73. The van der Waals surface area contributed by atoms with Crippen molar-refractivity contribution in [3.05, 3.63) is 59.2 Å². The lowest BCUT2D eigenvalue weighted by Crippen LogP contribution is -2.08. The molecule has 0 amide bonds. The number of rotatable bonds is 4. The molecule has 0 atom stereocenters. The SMILES string of the molecule is Cc1ccc(-c2nc(CSc3nccc(C(F)(F)F)n3)co2)c(C)c1. The summed E-state index contributed by atoms with van der Waals surface area (Å²) in [4.78, 5) is 11.8. The second-order valence-corrected chi connectivity index (χ2v) is 6.42. The normalized spacial score (nSPS) is 11.7. The molecule has 0 N–H and O–H groups in total. The standard InChI is InChI=1S/C17H14F3N3OS/c1-10-3-4-13(11(2)7-10)15-22-12(8-24-15)9-25-16-21-6-5-14(23-16)17(18,19)20/h3-8H,9H2,1-2H3. The summed E-state index contributed by atoms with van der Waals surface area (Å²) in [5, 5.41) is 0.0471. The van der Waals surface area contributed by atoms with Crippen molar-refractivity contribution in [1.29, 1.82) is 0 Å². The van der Waals surface area contributed by atoms with Crippen LogP contribution in [0.4, 0.5) is 13.2 Å². The molecule has 0 unspecified atom stereocenters. The van der Waals surface area contributed by atoms with Crippen molar-refractivity contribution < 1.29 is 17.6 Å². The predicted octanol–water partition coefficient (Wildman–Crippen LogP) is 5.06. The Bertz CT molecular complexity index is 893. The smallest absolute Gasteiger partial charge is 0.433 e. The Kier molecular flexibility index (Phi) is 4.80. The molecule has 0 spiro atoms. The van der Waals surface area contributed by atoms with Gasteiger partial charge < -0.3 is 4.42 Å². The Morgan fingerprint density at radius 2 is 1.92 bits per heavy atom. The van der Waals surface area contributed by atoms with Crippen molar-refractivity contribution in [2.75, 3.05) is 0 Å². The van der Waals surface area contributed by atoms with Crippen LogP contribution in [0.3, 0.4) is 0 Å². The maximum absolute atomic E-state index is 12.7. The van der Waals surface area contributed by atoms with Gasteiger partial charge in [0.2, 0.25) is 5.89 Å². The summed E-state index contributed by atoms with van der Waals surface area (Å²) in [5.74, 6) is 0.800. The number of nitrogens with zero attached hydrogens (tertiary/aromatic N) is 3. The number of aryl methyl sites for hydroxylation is 2. The van der Waals surface area contributed by atoms with E-state index in [4.69, 9.17) is 4.42 Å². The van der Waals surface area contributed by atoms with E-state index in [0.29, 0.717) is 17.3 Å². The van der Waals surface area contributed by atoms with E-state index in [1.165, 1.54) is 6.26 Å². The number of hydrogen-bond acceptors (Lipinski definition) is 5. The molecule has 1 aromatic carbocycles. The fraction of sp³-hybridized carbons (Fsp3) is 0.235. The number of benzene rings is 1. The van der Waals surface area contributed by atoms with Crippen LogP contribution in [0.25, 0.3) is 11.5 Å². The van der Waals surface area contributed by atoms with Gasteiger partial charge in [-0.3, -0.25) is 0 Å². The van der Waals surface area contributed by atoms with Gasteiger partial charge in [0.05, 0.1) is 5.69 Å². The summed E-state index contributed by atoms with van der Waals surface area (Å²) >= 11 is 1.07. The fourth-order valence-electron chi connectivity index (χ4n) is 2.26. The van der Waals surface area contributed by atoms with Crippen LogP contribution >= 0.6 is 11.8 Å². The van der Waals surface area contributed by atoms with Gasteiger partial charge in [-0.15, -0.1) is 0 Å². The summed E-state index contributed by atoms with van der Waals surface area (Å²) in [7, 11) is 0. The number of aromatic nitrogens is 3. The first-order chi connectivity index (χ1) is 11.8. The van der Waals surface area contributed by atoms with Gasteiger partial charge in [0, 0.05) is 17.5 Å². The summed E-state index contributed by atoms with van der Waals surface area (Å²) in [6, 6.07) is 6.78. The largest absolute Gasteiger partial charge is 0.444 e. The second-order valence-electron chi connectivity index (χ2n) is 5.47. The number of alkyl halides is 3. The van der Waals surface area contributed by atoms with Crippen LogP contribution in [0.1, 0.15) is 22.5 Å². The highest BCUT2D eigenvalue weighted by molar-refractivity contribution is 7.98. The average molecular weight is 365 g/mol. The maximum Gasteiger partial charge on any atom is 0.433 e. The van der Waals surface area contributed by atoms with Gasteiger partial charge in [-0.2, -0.15) is 13.2 Å². The Hall–Kier alpha value is -2.35. The molecule has 0 aliphatic rings. The minimum Gasteiger partial charge on any atom is -0.444 e. The van der Waals surface area contributed by atoms with Gasteiger partial charge in [0.25, 0.3) is 0 Å². The molecule has 130 valence electrons. The third-order valence-electron chi connectivity index (χ3n) is 3.44. The zero-order valence-electron chi connectivity index (χ0n) is 13.5. The van der Waals surface area contributed by atoms with Crippen LogP contribution < -0.4 is 0 Å². The zero-order chi connectivity index (χ0) is 18.0. The van der Waals surface area contributed by atoms with Crippen LogP contribution in [0.2, 0.25) is 0 Å². The van der Waals surface area contributed by atoms with Crippen LogP contribution in [0.5, 0.6) is 0 Å². The summed E-state index contributed by atoms with van der Waals surface area (Å²) < 4.78 is 43.5. The molecular weight excluding hydrogens is 351 g/mol. The Labute approximate surface area is 146 Å². The van der Waals surface area contributed by atoms with Crippen molar-refractivity contribution in [1.82, 2.24) is 15.0 Å². The van der Waals surface area contributed by atoms with Gasteiger partial charge in [0.15, 0.2) is 5.16 Å². The van der Waals surface area contributed by atoms with E-state index in [9.17, 15) is 13.2 Å². The second kappa shape index (κ2) is 6.87. The van der Waals surface area contributed by atoms with Crippen molar-refractivity contribution in [3.8, 4) is 11.5 Å². The molecule has 3 aromatic rings. The van der Waals surface area contributed by atoms with Crippen molar-refractivity contribution in [2.24, 2.45) is 0 Å². The molecule has 25 heavy (non-hydrogen) atoms. The fourth-order valence-corrected chi connectivity index (χ4v) is 2.97. The summed E-state index contributed by atoms with van der Waals surface area (Å²) in [6.45, 7) is 3.97. The monoisotopic (exact) mass is 365 g/mol. The van der Waals surface area contributed by atoms with Crippen molar-refractivity contribution in [3.63, 3.8) is 0 Å². The van der Waals surface area contributed by atoms with Crippen LogP contribution in [0.15, 0.2) is 46.3 Å². The first-order valence-electron chi connectivity index (χ1n) is 7.38. The van der Waals surface area contributed by atoms with E-state index in [-0.39, 0.29) is 5.16 Å². The Balaban J connectivity index is 1.72. The zero-order valence-corrected chi connectivity index (χ0v) is 14.3. The number of thioether (sulfide) groups is 1. The van der Waals surface area contributed by atoms with E-state index in [0.717, 1.165) is 40.7 Å². The quantitative estimate of drug-likeness (QED) is 0.478. The van der Waals surface area contributed by atoms with E-state index >= 15 is 0 Å². The lowest BCUT2D eigenvalue weighted by molar-refractivity contribution is -0.141. The topological polar surface area (TPSA) is 51.8 Å². The lowest BCUT2D eigenvalue weighted by atomic mass is 10.1. The molecule has 4 nitrogen and oxygen atoms in total. The molecule has 0 aliphatic carbocycles. The molecule has 0 aliphatic heterocycles. The Morgan fingerprint density at radius 1 is 1.12 bits per heavy atom. The average Bonchev–Trinajstić information content (AvgIpc) is 3.01. The van der Waals surface area contributed by atoms with Crippen molar-refractivity contribution >= 4 is 11.8 Å². The van der Waals surface area contributed by atoms with Crippen molar-refractivity contribution in [2.45, 2.75) is 30.9 Å². The maximum atomic E-state index is 12.7. The van der Waals surface area contributed by atoms with E-state index in [2.05, 4.69) is 15.0 Å². The first kappa shape index (κ1) is 17.5. The highest BCUT2D eigenvalue weighted by atomic mass is 32.2. The number of hydrogen-bond donors (Lipinski definition) is 0. The molecule has 0 bridgehead atoms. The van der Waals surface area contributed by atoms with E-state index in [1.807, 2.05) is 32.0 Å². The van der Waals surface area contributed by atoms with Crippen LogP contribution in [-0.4, -0.2) is 15.0 Å². The third-order valence-corrected chi connectivity index (χ3v) is 4.33. The van der Waals surface area contributed by atoms with E-state index < -0.39 is 11.9 Å². The Morgan fingerprint density at radius 3 is 2.64 bits per heavy atom. The van der Waals surface area contributed by atoms with Crippen LogP contribution in [0, 0.1) is 13.8 Å². The minimum absolute atomic E-state index is 0.0471. The van der Waals surface area contributed by atoms with Gasteiger partial charge in [-0.1, -0.05) is 29.5 Å². The molecule has 3 rings (SSSR count). The number of halogens is 3. The van der Waals surface area contributed by atoms with Gasteiger partial charge >= 0.3 is 6.18 Å². The van der Waals surface area contributed by atoms with Gasteiger partial charge in [0.1, 0.15) is 12.0 Å². The van der Waals surface area contributed by atoms with Crippen LogP contribution in [-0.2, 0) is 11.9 Å².